The number of ether oxygens (including phenoxy) is 2. The summed E-state index contributed by atoms with van der Waals surface area (Å²) in [6.07, 6.45) is 3.36. The molecule has 0 unspecified atom stereocenters. The van der Waals surface area contributed by atoms with Gasteiger partial charge in [0.1, 0.15) is 29.8 Å². The van der Waals surface area contributed by atoms with Crippen molar-refractivity contribution in [2.45, 2.75) is 33.6 Å². The first-order chi connectivity index (χ1) is 16.0. The Balaban J connectivity index is 1.34. The van der Waals surface area contributed by atoms with E-state index in [1.165, 1.54) is 27.9 Å². The molecule has 0 fully saturated rings. The third kappa shape index (κ3) is 5.34. The van der Waals surface area contributed by atoms with E-state index in [9.17, 15) is 4.79 Å². The molecule has 0 aliphatic carbocycles. The molecule has 33 heavy (non-hydrogen) atoms. The van der Waals surface area contributed by atoms with Gasteiger partial charge < -0.3 is 9.47 Å². The van der Waals surface area contributed by atoms with Crippen LogP contribution in [-0.2, 0) is 11.2 Å². The van der Waals surface area contributed by atoms with Crippen LogP contribution < -0.4 is 9.47 Å². The van der Waals surface area contributed by atoms with E-state index in [0.29, 0.717) is 24.1 Å². The van der Waals surface area contributed by atoms with Crippen molar-refractivity contribution in [1.29, 1.82) is 5.41 Å². The number of hydrogen-bond donors (Lipinski definition) is 1. The Hall–Kier alpha value is -3.39. The zero-order valence-corrected chi connectivity index (χ0v) is 19.7. The SMILES string of the molecule is CCC1=NN2C(=N)/C(=C/c3ccc(OCCOc4cc(C)cc(CC)c4)cc3)C(=O)N=C2S1. The summed E-state index contributed by atoms with van der Waals surface area (Å²) in [5.41, 5.74) is 3.43. The van der Waals surface area contributed by atoms with Gasteiger partial charge in [0.2, 0.25) is 5.17 Å². The lowest BCUT2D eigenvalue weighted by Gasteiger charge is -2.20. The number of aliphatic imine (C=N–C) groups is 1. The van der Waals surface area contributed by atoms with E-state index in [1.807, 2.05) is 37.3 Å². The van der Waals surface area contributed by atoms with Crippen molar-refractivity contribution in [2.24, 2.45) is 10.1 Å². The number of hydrazone groups is 1. The molecule has 8 heteroatoms. The molecule has 0 bridgehead atoms. The maximum Gasteiger partial charge on any atom is 0.283 e. The molecule has 2 aliphatic heterocycles. The minimum absolute atomic E-state index is 0.0424. The van der Waals surface area contributed by atoms with E-state index < -0.39 is 5.91 Å². The van der Waals surface area contributed by atoms with Crippen LogP contribution in [0.1, 0.15) is 37.0 Å². The Kier molecular flexibility index (Phi) is 6.93. The van der Waals surface area contributed by atoms with Crippen LogP contribution >= 0.6 is 11.8 Å². The van der Waals surface area contributed by atoms with Crippen LogP contribution in [0.5, 0.6) is 11.5 Å². The molecule has 0 aromatic heterocycles. The second kappa shape index (κ2) is 10.0. The highest BCUT2D eigenvalue weighted by Gasteiger charge is 2.34. The highest BCUT2D eigenvalue weighted by atomic mass is 32.2. The molecule has 0 radical (unpaired) electrons. The smallest absolute Gasteiger partial charge is 0.283 e. The first-order valence-electron chi connectivity index (χ1n) is 10.9. The van der Waals surface area contributed by atoms with Gasteiger partial charge in [0.25, 0.3) is 5.91 Å². The second-order valence-corrected chi connectivity index (χ2v) is 8.68. The van der Waals surface area contributed by atoms with Crippen molar-refractivity contribution in [1.82, 2.24) is 5.01 Å². The molecule has 1 N–H and O–H groups in total. The van der Waals surface area contributed by atoms with Crippen molar-refractivity contribution < 1.29 is 14.3 Å². The normalized spacial score (nSPS) is 16.6. The lowest BCUT2D eigenvalue weighted by Crippen LogP contribution is -2.35. The molecule has 2 aliphatic rings. The number of amides is 1. The van der Waals surface area contributed by atoms with Crippen molar-refractivity contribution in [3.8, 4) is 11.5 Å². The van der Waals surface area contributed by atoms with E-state index in [4.69, 9.17) is 14.9 Å². The first kappa shape index (κ1) is 22.8. The summed E-state index contributed by atoms with van der Waals surface area (Å²) in [6, 6.07) is 13.6. The number of thioether (sulfide) groups is 1. The molecule has 0 spiro atoms. The third-order valence-corrected chi connectivity index (χ3v) is 6.18. The lowest BCUT2D eigenvalue weighted by atomic mass is 10.1. The summed E-state index contributed by atoms with van der Waals surface area (Å²) in [5, 5.41) is 15.4. The number of carbonyl (C=O) groups is 1. The number of rotatable bonds is 8. The average Bonchev–Trinajstić information content (AvgIpc) is 3.23. The Labute approximate surface area is 197 Å². The number of fused-ring (bicyclic) bond motifs is 1. The van der Waals surface area contributed by atoms with Crippen molar-refractivity contribution >= 4 is 39.8 Å². The standard InChI is InChI=1S/C25H26N4O3S/c1-4-17-12-16(3)13-20(14-17)32-11-10-31-19-8-6-18(7-9-19)15-21-23(26)29-25(27-24(21)30)33-22(5-2)28-29/h6-9,12-15,26H,4-5,10-11H2,1-3H3/b21-15-,26-23?. The number of aryl methyl sites for hydroxylation is 2. The van der Waals surface area contributed by atoms with E-state index in [-0.39, 0.29) is 11.4 Å². The quantitative estimate of drug-likeness (QED) is 0.438. The van der Waals surface area contributed by atoms with Crippen LogP contribution in [0.15, 0.2) is 58.1 Å². The third-order valence-electron chi connectivity index (χ3n) is 5.13. The molecule has 0 saturated heterocycles. The van der Waals surface area contributed by atoms with Crippen LogP contribution in [0.4, 0.5) is 0 Å². The van der Waals surface area contributed by atoms with Crippen LogP contribution in [0.3, 0.4) is 0 Å². The molecule has 2 heterocycles. The lowest BCUT2D eigenvalue weighted by molar-refractivity contribution is -0.114. The fourth-order valence-corrected chi connectivity index (χ4v) is 4.26. The Bertz CT molecular complexity index is 1170. The summed E-state index contributed by atoms with van der Waals surface area (Å²) in [6.45, 7) is 7.03. The van der Waals surface area contributed by atoms with Gasteiger partial charge in [0, 0.05) is 0 Å². The highest BCUT2D eigenvalue weighted by Crippen LogP contribution is 2.29. The van der Waals surface area contributed by atoms with Gasteiger partial charge in [0.05, 0.1) is 5.57 Å². The zero-order valence-electron chi connectivity index (χ0n) is 18.9. The minimum atomic E-state index is -0.425. The summed E-state index contributed by atoms with van der Waals surface area (Å²) in [7, 11) is 0. The van der Waals surface area contributed by atoms with Gasteiger partial charge in [-0.3, -0.25) is 10.2 Å². The van der Waals surface area contributed by atoms with Crippen LogP contribution in [0.2, 0.25) is 0 Å². The Morgan fingerprint density at radius 2 is 1.76 bits per heavy atom. The molecular weight excluding hydrogens is 436 g/mol. The molecule has 0 atom stereocenters. The maximum absolute atomic E-state index is 12.4. The van der Waals surface area contributed by atoms with Gasteiger partial charge in [-0.25, -0.2) is 0 Å². The fourth-order valence-electron chi connectivity index (χ4n) is 3.43. The number of nitrogens with one attached hydrogen (secondary N) is 1. The highest BCUT2D eigenvalue weighted by molar-refractivity contribution is 8.26. The molecule has 4 rings (SSSR count). The molecule has 170 valence electrons. The number of carbonyl (C=O) groups excluding carboxylic acids is 1. The summed E-state index contributed by atoms with van der Waals surface area (Å²) >= 11 is 1.33. The fraction of sp³-hybridized carbons (Fsp3) is 0.280. The van der Waals surface area contributed by atoms with E-state index in [0.717, 1.165) is 29.2 Å². The average molecular weight is 463 g/mol. The molecule has 7 nitrogen and oxygen atoms in total. The maximum atomic E-state index is 12.4. The van der Waals surface area contributed by atoms with Gasteiger partial charge in [0.15, 0.2) is 5.84 Å². The number of amidine groups is 2. The Morgan fingerprint density at radius 1 is 1.03 bits per heavy atom. The monoisotopic (exact) mass is 462 g/mol. The molecule has 1 amide bonds. The van der Waals surface area contributed by atoms with Crippen molar-refractivity contribution in [2.75, 3.05) is 13.2 Å². The molecular formula is C25H26N4O3S. The predicted octanol–water partition coefficient (Wildman–Crippen LogP) is 5.04. The van der Waals surface area contributed by atoms with Gasteiger partial charge in [-0.2, -0.15) is 15.1 Å². The topological polar surface area (TPSA) is 87.3 Å². The zero-order chi connectivity index (χ0) is 23.4. The first-order valence-corrected chi connectivity index (χ1v) is 11.7. The molecule has 2 aromatic rings. The van der Waals surface area contributed by atoms with Gasteiger partial charge in [-0.15, -0.1) is 0 Å². The van der Waals surface area contributed by atoms with Gasteiger partial charge in [-0.05, 0) is 78.6 Å². The number of benzene rings is 2. The summed E-state index contributed by atoms with van der Waals surface area (Å²) in [5.74, 6) is 1.18. The molecule has 0 saturated carbocycles. The molecule has 2 aromatic carbocycles. The second-order valence-electron chi connectivity index (χ2n) is 7.64. The van der Waals surface area contributed by atoms with E-state index in [2.05, 4.69) is 36.1 Å². The van der Waals surface area contributed by atoms with Gasteiger partial charge in [-0.1, -0.05) is 32.0 Å². The number of nitrogens with zero attached hydrogens (tertiary/aromatic N) is 3. The van der Waals surface area contributed by atoms with Crippen molar-refractivity contribution in [3.05, 3.63) is 64.7 Å². The van der Waals surface area contributed by atoms with Gasteiger partial charge >= 0.3 is 0 Å². The van der Waals surface area contributed by atoms with Crippen LogP contribution in [0, 0.1) is 12.3 Å². The van der Waals surface area contributed by atoms with Crippen molar-refractivity contribution in [3.63, 3.8) is 0 Å². The van der Waals surface area contributed by atoms with E-state index >= 15 is 0 Å². The summed E-state index contributed by atoms with van der Waals surface area (Å²) in [4.78, 5) is 16.5. The number of hydrogen-bond acceptors (Lipinski definition) is 6. The minimum Gasteiger partial charge on any atom is -0.490 e. The largest absolute Gasteiger partial charge is 0.490 e. The van der Waals surface area contributed by atoms with Crippen LogP contribution in [0.25, 0.3) is 6.08 Å². The summed E-state index contributed by atoms with van der Waals surface area (Å²) < 4.78 is 11.6. The van der Waals surface area contributed by atoms with Crippen LogP contribution in [-0.4, -0.2) is 40.2 Å². The Morgan fingerprint density at radius 3 is 2.45 bits per heavy atom. The van der Waals surface area contributed by atoms with E-state index in [1.54, 1.807) is 6.08 Å². The predicted molar refractivity (Wildman–Crippen MR) is 133 cm³/mol.